The molecule has 0 radical (unpaired) electrons. The van der Waals surface area contributed by atoms with Crippen molar-refractivity contribution >= 4 is 33.2 Å². The molecule has 0 aliphatic carbocycles. The van der Waals surface area contributed by atoms with Crippen LogP contribution in [0.3, 0.4) is 0 Å². The number of nitrogens with zero attached hydrogens (tertiary/aromatic N) is 1. The van der Waals surface area contributed by atoms with E-state index in [1.54, 1.807) is 18.2 Å². The van der Waals surface area contributed by atoms with Crippen molar-refractivity contribution in [1.82, 2.24) is 5.32 Å². The lowest BCUT2D eigenvalue weighted by Crippen LogP contribution is -2.27. The molecule has 1 amide bonds. The summed E-state index contributed by atoms with van der Waals surface area (Å²) in [5.74, 6) is -0.871. The van der Waals surface area contributed by atoms with Gasteiger partial charge in [-0.2, -0.15) is 0 Å². The van der Waals surface area contributed by atoms with Crippen LogP contribution in [0.2, 0.25) is 5.02 Å². The molecule has 3 aromatic carbocycles. The molecule has 0 spiro atoms. The summed E-state index contributed by atoms with van der Waals surface area (Å²) in [5.41, 5.74) is 1.34. The SMILES string of the molecule is CN(c1ccc(F)cc1)S(=O)(=O)c1cccc(C(=O)NCc2cccc(Cl)c2)c1. The van der Waals surface area contributed by atoms with Crippen LogP contribution in [0.4, 0.5) is 10.1 Å². The third-order valence-corrected chi connectivity index (χ3v) is 6.30. The predicted molar refractivity (Wildman–Crippen MR) is 111 cm³/mol. The van der Waals surface area contributed by atoms with E-state index < -0.39 is 21.7 Å². The van der Waals surface area contributed by atoms with Gasteiger partial charge >= 0.3 is 0 Å². The van der Waals surface area contributed by atoms with E-state index in [1.807, 2.05) is 6.07 Å². The molecular weight excluding hydrogens is 415 g/mol. The van der Waals surface area contributed by atoms with Gasteiger partial charge in [-0.1, -0.05) is 29.8 Å². The van der Waals surface area contributed by atoms with E-state index in [0.29, 0.717) is 10.7 Å². The summed E-state index contributed by atoms with van der Waals surface area (Å²) in [4.78, 5) is 12.4. The van der Waals surface area contributed by atoms with Crippen LogP contribution in [0.25, 0.3) is 0 Å². The summed E-state index contributed by atoms with van der Waals surface area (Å²) in [6.07, 6.45) is 0. The normalized spacial score (nSPS) is 11.1. The van der Waals surface area contributed by atoms with Crippen molar-refractivity contribution in [3.63, 3.8) is 0 Å². The maximum Gasteiger partial charge on any atom is 0.264 e. The van der Waals surface area contributed by atoms with Crippen LogP contribution in [-0.4, -0.2) is 21.4 Å². The maximum absolute atomic E-state index is 13.1. The van der Waals surface area contributed by atoms with E-state index in [1.165, 1.54) is 55.6 Å². The quantitative estimate of drug-likeness (QED) is 0.633. The highest BCUT2D eigenvalue weighted by Gasteiger charge is 2.22. The van der Waals surface area contributed by atoms with Crippen LogP contribution < -0.4 is 9.62 Å². The van der Waals surface area contributed by atoms with Crippen molar-refractivity contribution in [3.05, 3.63) is 94.8 Å². The second kappa shape index (κ2) is 8.63. The van der Waals surface area contributed by atoms with Gasteiger partial charge in [0.15, 0.2) is 0 Å². The molecule has 29 heavy (non-hydrogen) atoms. The fourth-order valence-corrected chi connectivity index (χ4v) is 4.13. The number of nitrogens with one attached hydrogen (secondary N) is 1. The van der Waals surface area contributed by atoms with Crippen molar-refractivity contribution in [1.29, 1.82) is 0 Å². The molecule has 3 rings (SSSR count). The van der Waals surface area contributed by atoms with Gasteiger partial charge in [-0.15, -0.1) is 0 Å². The van der Waals surface area contributed by atoms with Gasteiger partial charge in [-0.3, -0.25) is 9.10 Å². The van der Waals surface area contributed by atoms with Crippen LogP contribution in [0.5, 0.6) is 0 Å². The zero-order valence-corrected chi connectivity index (χ0v) is 17.0. The monoisotopic (exact) mass is 432 g/mol. The molecule has 8 heteroatoms. The summed E-state index contributed by atoms with van der Waals surface area (Å²) in [6.45, 7) is 0.256. The highest BCUT2D eigenvalue weighted by Crippen LogP contribution is 2.23. The van der Waals surface area contributed by atoms with Gasteiger partial charge in [0, 0.05) is 24.2 Å². The van der Waals surface area contributed by atoms with Crippen molar-refractivity contribution in [3.8, 4) is 0 Å². The Morgan fingerprint density at radius 1 is 1.03 bits per heavy atom. The topological polar surface area (TPSA) is 66.5 Å². The molecule has 0 saturated heterocycles. The molecule has 150 valence electrons. The molecule has 0 saturated carbocycles. The summed E-state index contributed by atoms with van der Waals surface area (Å²) in [7, 11) is -2.55. The lowest BCUT2D eigenvalue weighted by molar-refractivity contribution is 0.0950. The molecule has 0 aliphatic heterocycles. The number of hydrogen-bond donors (Lipinski definition) is 1. The average molecular weight is 433 g/mol. The zero-order valence-electron chi connectivity index (χ0n) is 15.5. The molecule has 0 aromatic heterocycles. The summed E-state index contributed by atoms with van der Waals surface area (Å²) in [5, 5.41) is 3.30. The van der Waals surface area contributed by atoms with Crippen molar-refractivity contribution in [2.24, 2.45) is 0 Å². The highest BCUT2D eigenvalue weighted by atomic mass is 35.5. The molecule has 0 unspecified atom stereocenters. The molecule has 0 heterocycles. The number of rotatable bonds is 6. The minimum Gasteiger partial charge on any atom is -0.348 e. The van der Waals surface area contributed by atoms with Gasteiger partial charge < -0.3 is 5.32 Å². The number of carbonyl (C=O) groups is 1. The van der Waals surface area contributed by atoms with Crippen LogP contribution >= 0.6 is 11.6 Å². The molecule has 0 aliphatic rings. The zero-order chi connectivity index (χ0) is 21.0. The molecule has 0 bridgehead atoms. The van der Waals surface area contributed by atoms with Crippen molar-refractivity contribution < 1.29 is 17.6 Å². The van der Waals surface area contributed by atoms with E-state index in [-0.39, 0.29) is 17.0 Å². The third kappa shape index (κ3) is 4.93. The van der Waals surface area contributed by atoms with Crippen LogP contribution in [0.15, 0.2) is 77.7 Å². The predicted octanol–water partition coefficient (Wildman–Crippen LogP) is 4.23. The maximum atomic E-state index is 13.1. The summed E-state index contributed by atoms with van der Waals surface area (Å²) < 4.78 is 39.9. The standard InChI is InChI=1S/C21H18ClFN2O3S/c1-25(19-10-8-18(23)9-11-19)29(27,28)20-7-3-5-16(13-20)21(26)24-14-15-4-2-6-17(22)12-15/h2-13H,14H2,1H3,(H,24,26). The smallest absolute Gasteiger partial charge is 0.264 e. The Morgan fingerprint density at radius 3 is 2.41 bits per heavy atom. The van der Waals surface area contributed by atoms with Crippen LogP contribution in [0, 0.1) is 5.82 Å². The number of anilines is 1. The Balaban J connectivity index is 1.78. The second-order valence-corrected chi connectivity index (χ2v) is 8.70. The Labute approximate surface area is 173 Å². The molecular formula is C21H18ClFN2O3S. The van der Waals surface area contributed by atoms with Crippen molar-refractivity contribution in [2.75, 3.05) is 11.4 Å². The number of benzene rings is 3. The van der Waals surface area contributed by atoms with E-state index in [4.69, 9.17) is 11.6 Å². The number of hydrogen-bond acceptors (Lipinski definition) is 3. The van der Waals surface area contributed by atoms with Gasteiger partial charge in [0.25, 0.3) is 15.9 Å². The number of amides is 1. The fraction of sp³-hybridized carbons (Fsp3) is 0.0952. The number of sulfonamides is 1. The van der Waals surface area contributed by atoms with Gasteiger partial charge in [0.2, 0.25) is 0 Å². The first kappa shape index (κ1) is 20.8. The van der Waals surface area contributed by atoms with Gasteiger partial charge in [0.1, 0.15) is 5.82 Å². The summed E-state index contributed by atoms with van der Waals surface area (Å²) >= 11 is 5.93. The van der Waals surface area contributed by atoms with E-state index in [9.17, 15) is 17.6 Å². The van der Waals surface area contributed by atoms with E-state index >= 15 is 0 Å². The third-order valence-electron chi connectivity index (χ3n) is 4.29. The first-order valence-corrected chi connectivity index (χ1v) is 10.5. The number of carbonyl (C=O) groups excluding carboxylic acids is 1. The van der Waals surface area contributed by atoms with Crippen molar-refractivity contribution in [2.45, 2.75) is 11.4 Å². The Bertz CT molecular complexity index is 1130. The first-order chi connectivity index (χ1) is 13.8. The molecule has 0 fully saturated rings. The van der Waals surface area contributed by atoms with Gasteiger partial charge in [0.05, 0.1) is 10.6 Å². The Kier molecular flexibility index (Phi) is 6.20. The molecule has 0 atom stereocenters. The highest BCUT2D eigenvalue weighted by molar-refractivity contribution is 7.92. The molecule has 5 nitrogen and oxygen atoms in total. The van der Waals surface area contributed by atoms with Gasteiger partial charge in [-0.25, -0.2) is 12.8 Å². The molecule has 1 N–H and O–H groups in total. The molecule has 3 aromatic rings. The minimum atomic E-state index is -3.92. The van der Waals surface area contributed by atoms with E-state index in [2.05, 4.69) is 5.32 Å². The fourth-order valence-electron chi connectivity index (χ4n) is 2.68. The average Bonchev–Trinajstić information content (AvgIpc) is 2.72. The first-order valence-electron chi connectivity index (χ1n) is 8.64. The Morgan fingerprint density at radius 2 is 1.72 bits per heavy atom. The lowest BCUT2D eigenvalue weighted by Gasteiger charge is -2.19. The van der Waals surface area contributed by atoms with Crippen LogP contribution in [-0.2, 0) is 16.6 Å². The minimum absolute atomic E-state index is 0.0419. The van der Waals surface area contributed by atoms with Crippen LogP contribution in [0.1, 0.15) is 15.9 Å². The van der Waals surface area contributed by atoms with E-state index in [0.717, 1.165) is 9.87 Å². The van der Waals surface area contributed by atoms with Gasteiger partial charge in [-0.05, 0) is 60.2 Å². The number of halogens is 2. The second-order valence-electron chi connectivity index (χ2n) is 6.29. The summed E-state index contributed by atoms with van der Waals surface area (Å²) in [6, 6.07) is 17.9. The lowest BCUT2D eigenvalue weighted by atomic mass is 10.2. The Hall–Kier alpha value is -2.90. The largest absolute Gasteiger partial charge is 0.348 e.